The topological polar surface area (TPSA) is 73.8 Å². The first kappa shape index (κ1) is 13.2. The average molecular weight is 270 g/mol. The summed E-state index contributed by atoms with van der Waals surface area (Å²) in [6.45, 7) is -0.192. The van der Waals surface area contributed by atoms with Gasteiger partial charge in [0.25, 0.3) is 0 Å². The van der Waals surface area contributed by atoms with Crippen molar-refractivity contribution >= 4 is 5.78 Å². The molecule has 0 spiro atoms. The summed E-state index contributed by atoms with van der Waals surface area (Å²) in [5.74, 6) is -5.28. The minimum absolute atomic E-state index is 0.147. The van der Waals surface area contributed by atoms with Gasteiger partial charge < -0.3 is 5.73 Å². The van der Waals surface area contributed by atoms with Gasteiger partial charge in [-0.3, -0.25) is 4.79 Å². The molecule has 0 aliphatic rings. The van der Waals surface area contributed by atoms with Crippen molar-refractivity contribution in [2.24, 2.45) is 5.73 Å². The Kier molecular flexibility index (Phi) is 3.61. The van der Waals surface area contributed by atoms with E-state index in [1.807, 2.05) is 0 Å². The molecule has 0 atom stereocenters. The third kappa shape index (κ3) is 2.63. The Hall–Kier alpha value is -2.22. The van der Waals surface area contributed by atoms with Gasteiger partial charge in [0.2, 0.25) is 0 Å². The van der Waals surface area contributed by atoms with E-state index in [2.05, 4.69) is 10.3 Å². The summed E-state index contributed by atoms with van der Waals surface area (Å²) in [4.78, 5) is 11.7. The van der Waals surface area contributed by atoms with E-state index < -0.39 is 28.8 Å². The molecule has 0 bridgehead atoms. The number of carbonyl (C=O) groups is 1. The Bertz CT molecular complexity index is 626. The van der Waals surface area contributed by atoms with Gasteiger partial charge in [0.1, 0.15) is 6.54 Å². The van der Waals surface area contributed by atoms with E-state index >= 15 is 0 Å². The second kappa shape index (κ2) is 5.19. The van der Waals surface area contributed by atoms with E-state index in [0.29, 0.717) is 11.8 Å². The van der Waals surface area contributed by atoms with Gasteiger partial charge in [-0.05, 0) is 12.1 Å². The van der Waals surface area contributed by atoms with Crippen molar-refractivity contribution < 1.29 is 18.0 Å². The first-order valence-corrected chi connectivity index (χ1v) is 5.28. The SMILES string of the molecule is NCc1cn(CC(=O)c2ccc(F)c(F)c2F)nn1. The lowest BCUT2D eigenvalue weighted by molar-refractivity contribution is 0.0961. The minimum atomic E-state index is -1.67. The summed E-state index contributed by atoms with van der Waals surface area (Å²) in [5.41, 5.74) is 5.23. The molecule has 0 unspecified atom stereocenters. The lowest BCUT2D eigenvalue weighted by Crippen LogP contribution is -2.14. The van der Waals surface area contributed by atoms with Crippen LogP contribution in [0.1, 0.15) is 16.1 Å². The lowest BCUT2D eigenvalue weighted by atomic mass is 10.1. The first-order chi connectivity index (χ1) is 9.02. The van der Waals surface area contributed by atoms with Crippen molar-refractivity contribution in [1.29, 1.82) is 0 Å². The maximum absolute atomic E-state index is 13.4. The molecule has 1 aromatic heterocycles. The summed E-state index contributed by atoms with van der Waals surface area (Å²) in [5, 5.41) is 7.24. The number of aromatic nitrogens is 3. The molecule has 2 rings (SSSR count). The van der Waals surface area contributed by atoms with Crippen LogP contribution in [-0.2, 0) is 13.1 Å². The third-order valence-electron chi connectivity index (χ3n) is 2.44. The van der Waals surface area contributed by atoms with Gasteiger partial charge in [0, 0.05) is 6.54 Å². The molecule has 0 aliphatic heterocycles. The fourth-order valence-electron chi connectivity index (χ4n) is 1.48. The zero-order chi connectivity index (χ0) is 14.0. The number of carbonyl (C=O) groups excluding carboxylic acids is 1. The number of rotatable bonds is 4. The summed E-state index contributed by atoms with van der Waals surface area (Å²) < 4.78 is 40.3. The lowest BCUT2D eigenvalue weighted by Gasteiger charge is -2.03. The van der Waals surface area contributed by atoms with Crippen molar-refractivity contribution in [3.63, 3.8) is 0 Å². The summed E-state index contributed by atoms with van der Waals surface area (Å²) >= 11 is 0. The monoisotopic (exact) mass is 270 g/mol. The molecule has 19 heavy (non-hydrogen) atoms. The van der Waals surface area contributed by atoms with Crippen LogP contribution < -0.4 is 5.73 Å². The van der Waals surface area contributed by atoms with Crippen LogP contribution in [0.3, 0.4) is 0 Å². The summed E-state index contributed by atoms with van der Waals surface area (Å²) in [7, 11) is 0. The van der Waals surface area contributed by atoms with Crippen LogP contribution in [0.5, 0.6) is 0 Å². The maximum Gasteiger partial charge on any atom is 0.195 e. The van der Waals surface area contributed by atoms with Gasteiger partial charge in [0.05, 0.1) is 17.5 Å². The molecular weight excluding hydrogens is 261 g/mol. The van der Waals surface area contributed by atoms with E-state index in [0.717, 1.165) is 10.7 Å². The molecule has 100 valence electrons. The Morgan fingerprint density at radius 3 is 2.63 bits per heavy atom. The molecule has 2 N–H and O–H groups in total. The molecule has 0 amide bonds. The molecule has 0 saturated heterocycles. The number of nitrogens with zero attached hydrogens (tertiary/aromatic N) is 3. The van der Waals surface area contributed by atoms with Crippen LogP contribution in [0.15, 0.2) is 18.3 Å². The van der Waals surface area contributed by atoms with Crippen molar-refractivity contribution in [3.05, 3.63) is 47.0 Å². The molecular formula is C11H9F3N4O. The largest absolute Gasteiger partial charge is 0.325 e. The quantitative estimate of drug-likeness (QED) is 0.665. The van der Waals surface area contributed by atoms with Gasteiger partial charge >= 0.3 is 0 Å². The number of hydrogen-bond acceptors (Lipinski definition) is 4. The molecule has 8 heteroatoms. The highest BCUT2D eigenvalue weighted by Gasteiger charge is 2.19. The minimum Gasteiger partial charge on any atom is -0.325 e. The van der Waals surface area contributed by atoms with Crippen LogP contribution in [0.2, 0.25) is 0 Å². The van der Waals surface area contributed by atoms with Crippen LogP contribution in [-0.4, -0.2) is 20.8 Å². The van der Waals surface area contributed by atoms with Crippen molar-refractivity contribution in [2.75, 3.05) is 0 Å². The van der Waals surface area contributed by atoms with Gasteiger partial charge in [0.15, 0.2) is 23.2 Å². The van der Waals surface area contributed by atoms with Crippen LogP contribution in [0.4, 0.5) is 13.2 Å². The van der Waals surface area contributed by atoms with Crippen LogP contribution in [0.25, 0.3) is 0 Å². The molecule has 0 saturated carbocycles. The number of hydrogen-bond donors (Lipinski definition) is 1. The van der Waals surface area contributed by atoms with Crippen molar-refractivity contribution in [1.82, 2.24) is 15.0 Å². The molecule has 0 radical (unpaired) electrons. The van der Waals surface area contributed by atoms with Gasteiger partial charge in [-0.15, -0.1) is 5.10 Å². The third-order valence-corrected chi connectivity index (χ3v) is 2.44. The number of halogens is 3. The molecule has 0 fully saturated rings. The van der Waals surface area contributed by atoms with Crippen molar-refractivity contribution in [2.45, 2.75) is 13.1 Å². The Morgan fingerprint density at radius 2 is 2.00 bits per heavy atom. The Labute approximate surface area is 105 Å². The highest BCUT2D eigenvalue weighted by Crippen LogP contribution is 2.16. The number of ketones is 1. The van der Waals surface area contributed by atoms with E-state index in [1.165, 1.54) is 6.20 Å². The highest BCUT2D eigenvalue weighted by molar-refractivity contribution is 5.96. The standard InChI is InChI=1S/C11H9F3N4O/c12-8-2-1-7(10(13)11(8)14)9(19)5-18-4-6(3-15)16-17-18/h1-2,4H,3,5,15H2. The molecule has 1 heterocycles. The first-order valence-electron chi connectivity index (χ1n) is 5.28. The van der Waals surface area contributed by atoms with Gasteiger partial charge in [-0.25, -0.2) is 17.9 Å². The van der Waals surface area contributed by atoms with Crippen molar-refractivity contribution in [3.8, 4) is 0 Å². The highest BCUT2D eigenvalue weighted by atomic mass is 19.2. The maximum atomic E-state index is 13.4. The zero-order valence-electron chi connectivity index (χ0n) is 9.61. The van der Waals surface area contributed by atoms with Crippen LogP contribution >= 0.6 is 0 Å². The van der Waals surface area contributed by atoms with E-state index in [9.17, 15) is 18.0 Å². The van der Waals surface area contributed by atoms with E-state index in [4.69, 9.17) is 5.73 Å². The second-order valence-electron chi connectivity index (χ2n) is 3.76. The fourth-order valence-corrected chi connectivity index (χ4v) is 1.48. The summed E-state index contributed by atoms with van der Waals surface area (Å²) in [6.07, 6.45) is 1.41. The zero-order valence-corrected chi connectivity index (χ0v) is 9.61. The number of Topliss-reactive ketones (excluding diaryl/α,β-unsaturated/α-hetero) is 1. The Morgan fingerprint density at radius 1 is 1.26 bits per heavy atom. The molecule has 5 nitrogen and oxygen atoms in total. The van der Waals surface area contributed by atoms with E-state index in [-0.39, 0.29) is 13.1 Å². The molecule has 0 aliphatic carbocycles. The van der Waals surface area contributed by atoms with E-state index in [1.54, 1.807) is 0 Å². The second-order valence-corrected chi connectivity index (χ2v) is 3.76. The summed E-state index contributed by atoms with van der Waals surface area (Å²) in [6, 6.07) is 1.58. The average Bonchev–Trinajstić information content (AvgIpc) is 2.83. The predicted octanol–water partition coefficient (Wildman–Crippen LogP) is 1.04. The smallest absolute Gasteiger partial charge is 0.195 e. The predicted molar refractivity (Wildman–Crippen MR) is 58.6 cm³/mol. The number of benzene rings is 1. The molecule has 1 aromatic carbocycles. The molecule has 2 aromatic rings. The normalized spacial score (nSPS) is 10.7. The number of nitrogens with two attached hydrogens (primary N) is 1. The van der Waals surface area contributed by atoms with Crippen LogP contribution in [0, 0.1) is 17.5 Å². The Balaban J connectivity index is 2.23. The fraction of sp³-hybridized carbons (Fsp3) is 0.182. The van der Waals surface area contributed by atoms with Gasteiger partial charge in [-0.2, -0.15) is 0 Å². The van der Waals surface area contributed by atoms with Gasteiger partial charge in [-0.1, -0.05) is 5.21 Å².